The van der Waals surface area contributed by atoms with E-state index in [-0.39, 0.29) is 0 Å². The van der Waals surface area contributed by atoms with Gasteiger partial charge in [0.05, 0.1) is 22.4 Å². The molecule has 12 rings (SSSR count). The third-order valence-corrected chi connectivity index (χ3v) is 12.2. The summed E-state index contributed by atoms with van der Waals surface area (Å²) in [4.78, 5) is 10.5. The predicted molar refractivity (Wildman–Crippen MR) is 256 cm³/mol. The molecular weight excluding hydrogens is 739 g/mol. The number of para-hydroxylation sites is 1. The lowest BCUT2D eigenvalue weighted by molar-refractivity contribution is 1.16. The molecule has 0 bridgehead atoms. The smallest absolute Gasteiger partial charge is 0.160 e. The zero-order valence-corrected chi connectivity index (χ0v) is 33.2. The molecular formula is C58H37N3. The lowest BCUT2D eigenvalue weighted by Gasteiger charge is -2.16. The summed E-state index contributed by atoms with van der Waals surface area (Å²) in [6.07, 6.45) is 0. The summed E-state index contributed by atoms with van der Waals surface area (Å²) in [7, 11) is 0. The standard InChI is InChI=1S/C58H37N3/c1-4-16-38(17-5-1)42-29-31-52-51-26-14-15-27-56(51)61(57(52)36-42)45-33-43(41-28-30-50-48-24-11-10-22-46(48)47-23-12-13-25-49(47)53(50)35-41)32-44(34-45)55-37-54(39-18-6-2-7-19-39)59-58(60-55)40-20-8-3-9-21-40/h1-37H. The van der Waals surface area contributed by atoms with Crippen molar-refractivity contribution in [3.8, 4) is 61.8 Å². The van der Waals surface area contributed by atoms with E-state index in [0.717, 1.165) is 55.9 Å². The molecule has 0 atom stereocenters. The van der Waals surface area contributed by atoms with Gasteiger partial charge in [-0.15, -0.1) is 0 Å². The lowest BCUT2D eigenvalue weighted by atomic mass is 9.91. The van der Waals surface area contributed by atoms with Crippen LogP contribution in [-0.4, -0.2) is 14.5 Å². The average Bonchev–Trinajstić information content (AvgIpc) is 3.68. The van der Waals surface area contributed by atoms with Gasteiger partial charge in [0, 0.05) is 33.2 Å². The van der Waals surface area contributed by atoms with E-state index < -0.39 is 0 Å². The van der Waals surface area contributed by atoms with Gasteiger partial charge in [0.2, 0.25) is 0 Å². The zero-order chi connectivity index (χ0) is 40.3. The van der Waals surface area contributed by atoms with Gasteiger partial charge >= 0.3 is 0 Å². The fraction of sp³-hybridized carbons (Fsp3) is 0. The average molecular weight is 776 g/mol. The van der Waals surface area contributed by atoms with Crippen molar-refractivity contribution in [1.29, 1.82) is 0 Å². The van der Waals surface area contributed by atoms with Gasteiger partial charge in [0.1, 0.15) is 0 Å². The highest BCUT2D eigenvalue weighted by Crippen LogP contribution is 2.41. The molecule has 0 unspecified atom stereocenters. The normalized spacial score (nSPS) is 11.6. The maximum atomic E-state index is 5.34. The van der Waals surface area contributed by atoms with E-state index in [2.05, 4.69) is 205 Å². The molecule has 3 heteroatoms. The number of hydrogen-bond donors (Lipinski definition) is 0. The highest BCUT2D eigenvalue weighted by molar-refractivity contribution is 6.25. The predicted octanol–water partition coefficient (Wildman–Crippen LogP) is 15.4. The van der Waals surface area contributed by atoms with Crippen molar-refractivity contribution >= 4 is 54.1 Å². The van der Waals surface area contributed by atoms with Crippen molar-refractivity contribution in [2.24, 2.45) is 0 Å². The number of nitrogens with zero attached hydrogens (tertiary/aromatic N) is 3. The highest BCUT2D eigenvalue weighted by Gasteiger charge is 2.18. The van der Waals surface area contributed by atoms with E-state index in [0.29, 0.717) is 5.82 Å². The van der Waals surface area contributed by atoms with Gasteiger partial charge in [-0.2, -0.15) is 0 Å². The fourth-order valence-corrected chi connectivity index (χ4v) is 9.27. The van der Waals surface area contributed by atoms with Crippen LogP contribution >= 0.6 is 0 Å². The van der Waals surface area contributed by atoms with Crippen molar-refractivity contribution in [3.05, 3.63) is 224 Å². The molecule has 0 saturated carbocycles. The van der Waals surface area contributed by atoms with Gasteiger partial charge in [-0.25, -0.2) is 9.97 Å². The van der Waals surface area contributed by atoms with Crippen molar-refractivity contribution in [3.63, 3.8) is 0 Å². The molecule has 0 aliphatic carbocycles. The minimum absolute atomic E-state index is 0.692. The number of aromatic nitrogens is 3. The van der Waals surface area contributed by atoms with Crippen LogP contribution in [0.4, 0.5) is 0 Å². The van der Waals surface area contributed by atoms with Crippen LogP contribution in [0.3, 0.4) is 0 Å². The van der Waals surface area contributed by atoms with E-state index in [9.17, 15) is 0 Å². The molecule has 0 aliphatic heterocycles. The van der Waals surface area contributed by atoms with Gasteiger partial charge in [-0.05, 0) is 97.0 Å². The molecule has 12 aromatic rings. The second-order valence-electron chi connectivity index (χ2n) is 15.8. The van der Waals surface area contributed by atoms with Gasteiger partial charge in [0.15, 0.2) is 5.82 Å². The zero-order valence-electron chi connectivity index (χ0n) is 33.2. The maximum absolute atomic E-state index is 5.34. The summed E-state index contributed by atoms with van der Waals surface area (Å²) in [5.74, 6) is 0.692. The topological polar surface area (TPSA) is 30.7 Å². The SMILES string of the molecule is c1ccc(-c2ccc3c4ccccc4n(-c4cc(-c5ccc6c7ccccc7c7ccccc7c6c5)cc(-c5cc(-c6ccccc6)nc(-c6ccccc6)n5)c4)c3c2)cc1. The molecule has 0 saturated heterocycles. The fourth-order valence-electron chi connectivity index (χ4n) is 9.27. The Kier molecular flexibility index (Phi) is 8.17. The van der Waals surface area contributed by atoms with Crippen molar-refractivity contribution in [2.45, 2.75) is 0 Å². The number of hydrogen-bond acceptors (Lipinski definition) is 2. The van der Waals surface area contributed by atoms with Crippen LogP contribution < -0.4 is 0 Å². The van der Waals surface area contributed by atoms with Crippen LogP contribution in [0.5, 0.6) is 0 Å². The van der Waals surface area contributed by atoms with E-state index in [1.165, 1.54) is 54.2 Å². The van der Waals surface area contributed by atoms with Crippen LogP contribution in [0.1, 0.15) is 0 Å². The van der Waals surface area contributed by atoms with Crippen molar-refractivity contribution < 1.29 is 0 Å². The minimum Gasteiger partial charge on any atom is -0.309 e. The summed E-state index contributed by atoms with van der Waals surface area (Å²) in [6, 6.07) is 80.7. The summed E-state index contributed by atoms with van der Waals surface area (Å²) in [5.41, 5.74) is 12.8. The Morgan fingerprint density at radius 3 is 1.36 bits per heavy atom. The molecule has 0 amide bonds. The molecule has 0 radical (unpaired) electrons. The first kappa shape index (κ1) is 34.9. The van der Waals surface area contributed by atoms with Crippen LogP contribution in [0.25, 0.3) is 116 Å². The molecule has 284 valence electrons. The van der Waals surface area contributed by atoms with E-state index in [4.69, 9.17) is 9.97 Å². The van der Waals surface area contributed by atoms with E-state index in [1.807, 2.05) is 24.3 Å². The lowest BCUT2D eigenvalue weighted by Crippen LogP contribution is -1.99. The second kappa shape index (κ2) is 14.3. The van der Waals surface area contributed by atoms with Gasteiger partial charge in [-0.3, -0.25) is 0 Å². The maximum Gasteiger partial charge on any atom is 0.160 e. The summed E-state index contributed by atoms with van der Waals surface area (Å²) >= 11 is 0. The number of benzene rings is 10. The third-order valence-electron chi connectivity index (χ3n) is 12.2. The Labute approximate surface area is 353 Å². The molecule has 2 aromatic heterocycles. The van der Waals surface area contributed by atoms with Crippen molar-refractivity contribution in [2.75, 3.05) is 0 Å². The first-order chi connectivity index (χ1) is 30.2. The highest BCUT2D eigenvalue weighted by atomic mass is 15.0. The van der Waals surface area contributed by atoms with Gasteiger partial charge in [-0.1, -0.05) is 182 Å². The van der Waals surface area contributed by atoms with Gasteiger partial charge < -0.3 is 4.57 Å². The number of rotatable bonds is 6. The monoisotopic (exact) mass is 775 g/mol. The van der Waals surface area contributed by atoms with Crippen LogP contribution in [0.2, 0.25) is 0 Å². The molecule has 10 aromatic carbocycles. The van der Waals surface area contributed by atoms with Crippen LogP contribution in [0.15, 0.2) is 224 Å². The molecule has 61 heavy (non-hydrogen) atoms. The Morgan fingerprint density at radius 1 is 0.246 bits per heavy atom. The molecule has 0 spiro atoms. The molecule has 3 nitrogen and oxygen atoms in total. The minimum atomic E-state index is 0.692. The number of fused-ring (bicyclic) bond motifs is 9. The van der Waals surface area contributed by atoms with E-state index >= 15 is 0 Å². The van der Waals surface area contributed by atoms with Crippen LogP contribution in [-0.2, 0) is 0 Å². The molecule has 0 aliphatic rings. The Balaban J connectivity index is 1.16. The first-order valence-electron chi connectivity index (χ1n) is 20.8. The summed E-state index contributed by atoms with van der Waals surface area (Å²) in [6.45, 7) is 0. The molecule has 2 heterocycles. The van der Waals surface area contributed by atoms with E-state index in [1.54, 1.807) is 0 Å². The Hall–Kier alpha value is -8.14. The summed E-state index contributed by atoms with van der Waals surface area (Å²) < 4.78 is 2.44. The third kappa shape index (κ3) is 5.98. The second-order valence-corrected chi connectivity index (χ2v) is 15.8. The Bertz CT molecular complexity index is 3530. The quantitative estimate of drug-likeness (QED) is 0.158. The molecule has 0 N–H and O–H groups in total. The van der Waals surface area contributed by atoms with Crippen molar-refractivity contribution in [1.82, 2.24) is 14.5 Å². The summed E-state index contributed by atoms with van der Waals surface area (Å²) in [5, 5.41) is 9.97. The Morgan fingerprint density at radius 2 is 0.705 bits per heavy atom. The molecule has 0 fully saturated rings. The van der Waals surface area contributed by atoms with Crippen LogP contribution in [0, 0.1) is 0 Å². The first-order valence-corrected chi connectivity index (χ1v) is 20.8. The largest absolute Gasteiger partial charge is 0.309 e. The van der Waals surface area contributed by atoms with Gasteiger partial charge in [0.25, 0.3) is 0 Å².